The van der Waals surface area contributed by atoms with Crippen LogP contribution in [0.15, 0.2) is 67.8 Å². The molecule has 8 heteroatoms. The molecule has 3 amide bonds. The molecule has 2 bridgehead atoms. The Morgan fingerprint density at radius 2 is 1.80 bits per heavy atom. The number of aliphatic hydroxyl groups is 1. The number of hydrogen-bond donors (Lipinski definition) is 1. The van der Waals surface area contributed by atoms with E-state index in [1.54, 1.807) is 26.9 Å². The van der Waals surface area contributed by atoms with Crippen molar-refractivity contribution in [3.05, 3.63) is 67.8 Å². The van der Waals surface area contributed by atoms with Crippen molar-refractivity contribution in [3.63, 3.8) is 0 Å². The lowest BCUT2D eigenvalue weighted by Crippen LogP contribution is -2.60. The van der Waals surface area contributed by atoms with E-state index in [9.17, 15) is 14.7 Å². The van der Waals surface area contributed by atoms with Crippen molar-refractivity contribution in [2.24, 2.45) is 23.7 Å². The summed E-state index contributed by atoms with van der Waals surface area (Å²) in [5.74, 6) is -2.55. The van der Waals surface area contributed by atoms with Crippen LogP contribution in [0.3, 0.4) is 0 Å². The maximum Gasteiger partial charge on any atom is 0.253 e. The first kappa shape index (κ1) is 31.9. The first-order chi connectivity index (χ1) is 21.0. The molecular formula is C36H47N3O5. The quantitative estimate of drug-likeness (QED) is 0.353. The highest BCUT2D eigenvalue weighted by Gasteiger charge is 2.80. The van der Waals surface area contributed by atoms with Gasteiger partial charge in [0.1, 0.15) is 11.6 Å². The van der Waals surface area contributed by atoms with Crippen LogP contribution in [0.25, 0.3) is 10.8 Å². The molecule has 0 aromatic heterocycles. The Morgan fingerprint density at radius 1 is 1.11 bits per heavy atom. The summed E-state index contributed by atoms with van der Waals surface area (Å²) in [6.45, 7) is 18.5. The van der Waals surface area contributed by atoms with E-state index in [0.29, 0.717) is 25.2 Å². The lowest BCUT2D eigenvalue weighted by atomic mass is 9.62. The second kappa shape index (κ2) is 12.1. The lowest BCUT2D eigenvalue weighted by molar-refractivity contribution is -0.154. The molecule has 2 aromatic rings. The van der Waals surface area contributed by atoms with Gasteiger partial charge in [-0.1, -0.05) is 70.2 Å². The van der Waals surface area contributed by atoms with Crippen LogP contribution in [0.5, 0.6) is 0 Å². The van der Waals surface area contributed by atoms with Crippen LogP contribution in [0.1, 0.15) is 47.5 Å². The molecule has 7 atom stereocenters. The average molecular weight is 602 g/mol. The van der Waals surface area contributed by atoms with Gasteiger partial charge in [0.25, 0.3) is 5.91 Å². The highest BCUT2D eigenvalue weighted by molar-refractivity contribution is 6.06. The van der Waals surface area contributed by atoms with Crippen LogP contribution < -0.4 is 4.90 Å². The summed E-state index contributed by atoms with van der Waals surface area (Å²) in [6.07, 6.45) is 4.60. The molecule has 2 aromatic carbocycles. The van der Waals surface area contributed by atoms with Crippen molar-refractivity contribution in [1.82, 2.24) is 9.80 Å². The minimum atomic E-state index is -1.21. The van der Waals surface area contributed by atoms with Gasteiger partial charge in [0.2, 0.25) is 11.8 Å². The maximum absolute atomic E-state index is 15.0. The number of ether oxygens (including phenoxy) is 1. The number of benzene rings is 2. The first-order valence-corrected chi connectivity index (χ1v) is 15.9. The van der Waals surface area contributed by atoms with E-state index in [1.165, 1.54) is 0 Å². The number of carbonyl (C=O) groups is 3. The summed E-state index contributed by atoms with van der Waals surface area (Å²) >= 11 is 0. The Hall–Kier alpha value is -3.49. The van der Waals surface area contributed by atoms with Gasteiger partial charge >= 0.3 is 0 Å². The summed E-state index contributed by atoms with van der Waals surface area (Å²) in [4.78, 5) is 49.1. The number of anilines is 1. The van der Waals surface area contributed by atoms with Gasteiger partial charge in [-0.05, 0) is 54.5 Å². The highest BCUT2D eigenvalue weighted by atomic mass is 16.5. The Morgan fingerprint density at radius 3 is 2.41 bits per heavy atom. The molecule has 236 valence electrons. The number of carbonyl (C=O) groups excluding carboxylic acids is 3. The summed E-state index contributed by atoms with van der Waals surface area (Å²) in [6, 6.07) is 12.2. The van der Waals surface area contributed by atoms with Crippen LogP contribution >= 0.6 is 0 Å². The summed E-state index contributed by atoms with van der Waals surface area (Å²) in [5.41, 5.74) is -1.45. The standard InChI is InChI=1S/C36H47N3O5/c1-8-17-37(18-9-2)32(41)29-30-33(42)39(28(22-40)23(4)5)31(36(30)21-24(6)35(29,7)44-36)34(43)38(19-10-3)27-16-15-25-13-11-12-14-26(25)20-27/h8,10-16,20,23-24,28-31,40H,1,3,9,17-19,21-22H2,2,4-7H3/t24?,28-,29-,30-,31?,35+,36?/m0/s1. The van der Waals surface area contributed by atoms with Gasteiger partial charge in [-0.3, -0.25) is 14.4 Å². The number of amides is 3. The van der Waals surface area contributed by atoms with Crippen molar-refractivity contribution in [2.45, 2.75) is 70.7 Å². The molecule has 3 saturated heterocycles. The number of likely N-dealkylation sites (tertiary alicyclic amines) is 1. The number of nitrogens with zero attached hydrogens (tertiary/aromatic N) is 3. The average Bonchev–Trinajstić information content (AvgIpc) is 3.51. The molecule has 1 spiro atoms. The van der Waals surface area contributed by atoms with Crippen molar-refractivity contribution in [3.8, 4) is 0 Å². The third-order valence-corrected chi connectivity index (χ3v) is 10.3. The predicted octanol–water partition coefficient (Wildman–Crippen LogP) is 4.81. The third-order valence-electron chi connectivity index (χ3n) is 10.3. The van der Waals surface area contributed by atoms with Gasteiger partial charge in [0.05, 0.1) is 30.1 Å². The largest absolute Gasteiger partial charge is 0.394 e. The predicted molar refractivity (Wildman–Crippen MR) is 173 cm³/mol. The van der Waals surface area contributed by atoms with Gasteiger partial charge in [0.15, 0.2) is 0 Å². The van der Waals surface area contributed by atoms with E-state index in [4.69, 9.17) is 4.74 Å². The molecule has 1 N–H and O–H groups in total. The van der Waals surface area contributed by atoms with E-state index in [2.05, 4.69) is 13.2 Å². The van der Waals surface area contributed by atoms with Crippen LogP contribution in [0, 0.1) is 23.7 Å². The minimum Gasteiger partial charge on any atom is -0.394 e. The molecule has 0 aliphatic carbocycles. The highest BCUT2D eigenvalue weighted by Crippen LogP contribution is 2.66. The van der Waals surface area contributed by atoms with Gasteiger partial charge in [-0.15, -0.1) is 13.2 Å². The molecule has 0 saturated carbocycles. The van der Waals surface area contributed by atoms with Gasteiger partial charge < -0.3 is 24.5 Å². The van der Waals surface area contributed by atoms with Crippen LogP contribution in [-0.2, 0) is 19.1 Å². The van der Waals surface area contributed by atoms with E-state index >= 15 is 4.79 Å². The number of rotatable bonds is 12. The maximum atomic E-state index is 15.0. The number of fused-ring (bicyclic) bond motifs is 2. The molecule has 3 aliphatic heterocycles. The topological polar surface area (TPSA) is 90.4 Å². The van der Waals surface area contributed by atoms with Crippen molar-refractivity contribution in [2.75, 3.05) is 31.1 Å². The summed E-state index contributed by atoms with van der Waals surface area (Å²) < 4.78 is 6.98. The molecule has 8 nitrogen and oxygen atoms in total. The Kier molecular flexibility index (Phi) is 8.80. The third kappa shape index (κ3) is 4.78. The van der Waals surface area contributed by atoms with Crippen molar-refractivity contribution < 1.29 is 24.2 Å². The van der Waals surface area contributed by atoms with E-state index in [1.807, 2.05) is 77.1 Å². The molecule has 3 heterocycles. The van der Waals surface area contributed by atoms with E-state index in [0.717, 1.165) is 17.2 Å². The van der Waals surface area contributed by atoms with Crippen molar-refractivity contribution >= 4 is 34.2 Å². The lowest BCUT2D eigenvalue weighted by Gasteiger charge is -2.40. The minimum absolute atomic E-state index is 0.0805. The molecule has 3 aliphatic rings. The summed E-state index contributed by atoms with van der Waals surface area (Å²) in [7, 11) is 0. The normalized spacial score (nSPS) is 29.6. The zero-order chi connectivity index (χ0) is 32.0. The SMILES string of the molecule is C=CCN(CCC)C(=O)[C@@H]1[C@H]2C(=O)N([C@@H](CO)C(C)C)C(C(=O)N(CC=C)c3ccc4ccccc4c3)C23CC(C)[C@@]1(C)O3. The van der Waals surface area contributed by atoms with Gasteiger partial charge in [-0.2, -0.15) is 0 Å². The molecule has 3 unspecified atom stereocenters. The Labute approximate surface area is 261 Å². The molecule has 3 fully saturated rings. The fourth-order valence-electron chi connectivity index (χ4n) is 8.17. The molecule has 0 radical (unpaired) electrons. The van der Waals surface area contributed by atoms with E-state index in [-0.39, 0.29) is 42.7 Å². The van der Waals surface area contributed by atoms with Crippen LogP contribution in [-0.4, -0.2) is 82.2 Å². The fourth-order valence-corrected chi connectivity index (χ4v) is 8.17. The smallest absolute Gasteiger partial charge is 0.253 e. The van der Waals surface area contributed by atoms with E-state index < -0.39 is 35.1 Å². The Bertz CT molecular complexity index is 1460. The van der Waals surface area contributed by atoms with Gasteiger partial charge in [0, 0.05) is 25.3 Å². The second-order valence-electron chi connectivity index (χ2n) is 13.3. The monoisotopic (exact) mass is 601 g/mol. The Balaban J connectivity index is 1.66. The van der Waals surface area contributed by atoms with Crippen molar-refractivity contribution in [1.29, 1.82) is 0 Å². The number of aliphatic hydroxyl groups excluding tert-OH is 1. The second-order valence-corrected chi connectivity index (χ2v) is 13.3. The molecule has 44 heavy (non-hydrogen) atoms. The molecular weight excluding hydrogens is 554 g/mol. The summed E-state index contributed by atoms with van der Waals surface area (Å²) in [5, 5.41) is 12.7. The zero-order valence-electron chi connectivity index (χ0n) is 26.7. The first-order valence-electron chi connectivity index (χ1n) is 15.9. The van der Waals surface area contributed by atoms with Gasteiger partial charge in [-0.25, -0.2) is 0 Å². The van der Waals surface area contributed by atoms with Crippen LogP contribution in [0.2, 0.25) is 0 Å². The zero-order valence-corrected chi connectivity index (χ0v) is 26.7. The molecule has 5 rings (SSSR count). The fraction of sp³-hybridized carbons (Fsp3) is 0.528. The number of hydrogen-bond acceptors (Lipinski definition) is 5. The van der Waals surface area contributed by atoms with Crippen LogP contribution in [0.4, 0.5) is 5.69 Å².